The van der Waals surface area contributed by atoms with Crippen molar-refractivity contribution in [1.29, 1.82) is 0 Å². The molecule has 0 aliphatic carbocycles. The van der Waals surface area contributed by atoms with Gasteiger partial charge in [-0.15, -0.1) is 0 Å². The highest BCUT2D eigenvalue weighted by atomic mass is 35.5. The predicted octanol–water partition coefficient (Wildman–Crippen LogP) is 3.03. The van der Waals surface area contributed by atoms with Crippen LogP contribution in [0, 0.1) is 6.92 Å². The number of carboxylic acids is 1. The monoisotopic (exact) mass is 283 g/mol. The second kappa shape index (κ2) is 6.57. The summed E-state index contributed by atoms with van der Waals surface area (Å²) in [6, 6.07) is 4.05. The van der Waals surface area contributed by atoms with Gasteiger partial charge in [-0.3, -0.25) is 4.79 Å². The maximum absolute atomic E-state index is 11.7. The van der Waals surface area contributed by atoms with E-state index in [-0.39, 0.29) is 5.91 Å². The summed E-state index contributed by atoms with van der Waals surface area (Å²) in [5.41, 5.74) is 1.36. The van der Waals surface area contributed by atoms with Crippen molar-refractivity contribution in [2.75, 3.05) is 6.54 Å². The molecule has 1 aromatic rings. The van der Waals surface area contributed by atoms with E-state index in [9.17, 15) is 14.7 Å². The second-order valence-corrected chi connectivity index (χ2v) is 4.89. The van der Waals surface area contributed by atoms with Crippen molar-refractivity contribution in [2.24, 2.45) is 0 Å². The molecule has 0 fully saturated rings. The minimum atomic E-state index is -1.03. The first kappa shape index (κ1) is 15.5. The summed E-state index contributed by atoms with van der Waals surface area (Å²) in [7, 11) is 0. The minimum absolute atomic E-state index is 0.247. The molecule has 0 heterocycles. The number of carbonyl (C=O) groups excluding carboxylic acids is 1. The Bertz CT molecular complexity index is 488. The molecule has 0 aliphatic heterocycles. The zero-order valence-electron chi connectivity index (χ0n) is 11.3. The first-order valence-electron chi connectivity index (χ1n) is 6.14. The van der Waals surface area contributed by atoms with E-state index in [1.54, 1.807) is 25.1 Å². The molecule has 19 heavy (non-hydrogen) atoms. The Morgan fingerprint density at radius 3 is 2.47 bits per heavy atom. The van der Waals surface area contributed by atoms with Gasteiger partial charge in [-0.2, -0.15) is 0 Å². The SMILES string of the molecule is CCCN(C(C)=O)C(C(=O)O)c1ccc(Cl)cc1C. The van der Waals surface area contributed by atoms with Crippen LogP contribution in [0.3, 0.4) is 0 Å². The van der Waals surface area contributed by atoms with Gasteiger partial charge in [0.1, 0.15) is 0 Å². The molecular weight excluding hydrogens is 266 g/mol. The highest BCUT2D eigenvalue weighted by molar-refractivity contribution is 6.30. The molecule has 0 bridgehead atoms. The van der Waals surface area contributed by atoms with Crippen LogP contribution in [0.15, 0.2) is 18.2 Å². The van der Waals surface area contributed by atoms with Gasteiger partial charge in [0.05, 0.1) is 0 Å². The second-order valence-electron chi connectivity index (χ2n) is 4.45. The van der Waals surface area contributed by atoms with Crippen LogP contribution in [-0.4, -0.2) is 28.4 Å². The molecule has 0 saturated heterocycles. The number of aliphatic carboxylic acids is 1. The van der Waals surface area contributed by atoms with E-state index in [0.717, 1.165) is 5.56 Å². The molecule has 4 nitrogen and oxygen atoms in total. The van der Waals surface area contributed by atoms with Gasteiger partial charge in [-0.1, -0.05) is 24.6 Å². The fourth-order valence-electron chi connectivity index (χ4n) is 2.09. The summed E-state index contributed by atoms with van der Waals surface area (Å²) in [6.45, 7) is 5.50. The van der Waals surface area contributed by atoms with Crippen LogP contribution in [0.4, 0.5) is 0 Å². The van der Waals surface area contributed by atoms with Crippen molar-refractivity contribution < 1.29 is 14.7 Å². The van der Waals surface area contributed by atoms with Crippen LogP contribution < -0.4 is 0 Å². The number of hydrogen-bond donors (Lipinski definition) is 1. The highest BCUT2D eigenvalue weighted by Gasteiger charge is 2.29. The van der Waals surface area contributed by atoms with Gasteiger partial charge in [0, 0.05) is 18.5 Å². The smallest absolute Gasteiger partial charge is 0.331 e. The van der Waals surface area contributed by atoms with E-state index in [1.165, 1.54) is 11.8 Å². The maximum atomic E-state index is 11.7. The Balaban J connectivity index is 3.26. The van der Waals surface area contributed by atoms with E-state index in [2.05, 4.69) is 0 Å². The predicted molar refractivity (Wildman–Crippen MR) is 74.2 cm³/mol. The summed E-state index contributed by atoms with van der Waals surface area (Å²) in [6.07, 6.45) is 0.704. The summed E-state index contributed by atoms with van der Waals surface area (Å²) < 4.78 is 0. The third-order valence-electron chi connectivity index (χ3n) is 2.94. The number of nitrogens with zero attached hydrogens (tertiary/aromatic N) is 1. The molecule has 0 aromatic heterocycles. The zero-order valence-corrected chi connectivity index (χ0v) is 12.1. The van der Waals surface area contributed by atoms with Crippen molar-refractivity contribution in [3.8, 4) is 0 Å². The van der Waals surface area contributed by atoms with Crippen LogP contribution in [0.1, 0.15) is 37.4 Å². The lowest BCUT2D eigenvalue weighted by Crippen LogP contribution is -2.38. The van der Waals surface area contributed by atoms with Gasteiger partial charge in [-0.25, -0.2) is 4.79 Å². The van der Waals surface area contributed by atoms with Crippen LogP contribution >= 0.6 is 11.6 Å². The summed E-state index contributed by atoms with van der Waals surface area (Å²) in [5, 5.41) is 9.99. The molecule has 1 aromatic carbocycles. The summed E-state index contributed by atoms with van der Waals surface area (Å²) in [4.78, 5) is 24.6. The number of aryl methyl sites for hydroxylation is 1. The quantitative estimate of drug-likeness (QED) is 0.903. The number of rotatable bonds is 5. The molecule has 1 rings (SSSR count). The van der Waals surface area contributed by atoms with Crippen molar-refractivity contribution in [1.82, 2.24) is 4.90 Å². The number of carbonyl (C=O) groups is 2. The minimum Gasteiger partial charge on any atom is -0.479 e. The molecule has 1 unspecified atom stereocenters. The van der Waals surface area contributed by atoms with E-state index in [1.807, 2.05) is 6.92 Å². The largest absolute Gasteiger partial charge is 0.479 e. The van der Waals surface area contributed by atoms with E-state index < -0.39 is 12.0 Å². The van der Waals surface area contributed by atoms with Crippen LogP contribution in [0.25, 0.3) is 0 Å². The van der Waals surface area contributed by atoms with Crippen LogP contribution in [-0.2, 0) is 9.59 Å². The van der Waals surface area contributed by atoms with E-state index >= 15 is 0 Å². The first-order chi connectivity index (χ1) is 8.88. The number of carboxylic acid groups (broad SMARTS) is 1. The van der Waals surface area contributed by atoms with Crippen molar-refractivity contribution in [3.05, 3.63) is 34.3 Å². The Morgan fingerprint density at radius 1 is 1.42 bits per heavy atom. The maximum Gasteiger partial charge on any atom is 0.331 e. The molecule has 0 aliphatic rings. The van der Waals surface area contributed by atoms with Gasteiger partial charge in [0.25, 0.3) is 0 Å². The average molecular weight is 284 g/mol. The Morgan fingerprint density at radius 2 is 2.05 bits per heavy atom. The topological polar surface area (TPSA) is 57.6 Å². The normalized spacial score (nSPS) is 12.0. The Kier molecular flexibility index (Phi) is 5.36. The fraction of sp³-hybridized carbons (Fsp3) is 0.429. The standard InChI is InChI=1S/C14H18ClNO3/c1-4-7-16(10(3)17)13(14(18)19)12-6-5-11(15)8-9(12)2/h5-6,8,13H,4,7H2,1-3H3,(H,18,19). The van der Waals surface area contributed by atoms with Gasteiger partial charge in [0.15, 0.2) is 6.04 Å². The highest BCUT2D eigenvalue weighted by Crippen LogP contribution is 2.27. The lowest BCUT2D eigenvalue weighted by atomic mass is 9.99. The third-order valence-corrected chi connectivity index (χ3v) is 3.18. The number of amides is 1. The number of benzene rings is 1. The zero-order chi connectivity index (χ0) is 14.6. The van der Waals surface area contributed by atoms with Crippen molar-refractivity contribution >= 4 is 23.5 Å². The van der Waals surface area contributed by atoms with E-state index in [4.69, 9.17) is 11.6 Å². The fourth-order valence-corrected chi connectivity index (χ4v) is 2.32. The Hall–Kier alpha value is -1.55. The third kappa shape index (κ3) is 3.70. The van der Waals surface area contributed by atoms with E-state index in [0.29, 0.717) is 23.6 Å². The van der Waals surface area contributed by atoms with Gasteiger partial charge < -0.3 is 10.0 Å². The number of halogens is 1. The molecule has 104 valence electrons. The molecule has 0 saturated carbocycles. The summed E-state index contributed by atoms with van der Waals surface area (Å²) in [5.74, 6) is -1.28. The lowest BCUT2D eigenvalue weighted by Gasteiger charge is -2.29. The molecule has 0 radical (unpaired) electrons. The van der Waals surface area contributed by atoms with Crippen LogP contribution in [0.5, 0.6) is 0 Å². The Labute approximate surface area is 118 Å². The van der Waals surface area contributed by atoms with Crippen molar-refractivity contribution in [2.45, 2.75) is 33.2 Å². The van der Waals surface area contributed by atoms with Crippen LogP contribution in [0.2, 0.25) is 5.02 Å². The first-order valence-corrected chi connectivity index (χ1v) is 6.52. The molecule has 1 atom stereocenters. The van der Waals surface area contributed by atoms with Crippen molar-refractivity contribution in [3.63, 3.8) is 0 Å². The van der Waals surface area contributed by atoms with Gasteiger partial charge in [0.2, 0.25) is 5.91 Å². The van der Waals surface area contributed by atoms with Gasteiger partial charge in [-0.05, 0) is 36.6 Å². The lowest BCUT2D eigenvalue weighted by molar-refractivity contribution is -0.149. The van der Waals surface area contributed by atoms with Gasteiger partial charge >= 0.3 is 5.97 Å². The molecule has 1 amide bonds. The molecule has 0 spiro atoms. The molecular formula is C14H18ClNO3. The average Bonchev–Trinajstić information content (AvgIpc) is 2.30. The molecule has 5 heteroatoms. The number of hydrogen-bond acceptors (Lipinski definition) is 2. The summed E-state index contributed by atoms with van der Waals surface area (Å²) >= 11 is 5.88. The molecule has 1 N–H and O–H groups in total.